The summed E-state index contributed by atoms with van der Waals surface area (Å²) in [5.74, 6) is -0.709. The number of rotatable bonds is 49. The predicted octanol–water partition coefficient (Wildman–Crippen LogP) is 11.7. The molecule has 0 saturated carbocycles. The second-order valence-corrected chi connectivity index (χ2v) is 20.4. The number of carbonyl (C=O) groups is 1. The zero-order valence-corrected chi connectivity index (χ0v) is 43.9. The molecule has 68 heavy (non-hydrogen) atoms. The van der Waals surface area contributed by atoms with Gasteiger partial charge in [-0.2, -0.15) is 0 Å². The minimum Gasteiger partial charge on any atom is -0.394 e. The summed E-state index contributed by atoms with van der Waals surface area (Å²) in [6.07, 6.45) is 44.0. The number of allylic oxidation sites excluding steroid dienone is 4. The Morgan fingerprint density at radius 1 is 0.500 bits per heavy atom. The van der Waals surface area contributed by atoms with Gasteiger partial charge in [0.25, 0.3) is 0 Å². The lowest BCUT2D eigenvalue weighted by atomic mass is 9.98. The first-order valence-electron chi connectivity index (χ1n) is 28.7. The van der Waals surface area contributed by atoms with Crippen LogP contribution in [0.2, 0.25) is 0 Å². The fourth-order valence-corrected chi connectivity index (χ4v) is 9.28. The molecule has 1 saturated heterocycles. The number of aliphatic hydroxyl groups is 7. The Morgan fingerprint density at radius 3 is 1.31 bits per heavy atom. The lowest BCUT2D eigenvalue weighted by Crippen LogP contribution is -2.60. The second kappa shape index (κ2) is 46.6. The number of amides is 1. The fraction of sp³-hybridized carbons (Fsp3) is 0.912. The predicted molar refractivity (Wildman–Crippen MR) is 279 cm³/mol. The van der Waals surface area contributed by atoms with Crippen LogP contribution >= 0.6 is 0 Å². The van der Waals surface area contributed by atoms with Gasteiger partial charge in [-0.1, -0.05) is 237 Å². The van der Waals surface area contributed by atoms with Crippen molar-refractivity contribution in [1.29, 1.82) is 0 Å². The summed E-state index contributed by atoms with van der Waals surface area (Å²) in [6, 6.07) is -1.19. The Labute approximate surface area is 416 Å². The number of ether oxygens (including phenoxy) is 2. The minimum absolute atomic E-state index is 0.249. The van der Waals surface area contributed by atoms with Crippen molar-refractivity contribution in [1.82, 2.24) is 5.32 Å². The summed E-state index contributed by atoms with van der Waals surface area (Å²) in [4.78, 5) is 13.1. The molecule has 0 aliphatic carbocycles. The van der Waals surface area contributed by atoms with Crippen molar-refractivity contribution < 1.29 is 50.0 Å². The van der Waals surface area contributed by atoms with Crippen LogP contribution in [0, 0.1) is 0 Å². The molecule has 1 rings (SSSR count). The van der Waals surface area contributed by atoms with Gasteiger partial charge < -0.3 is 50.5 Å². The minimum atomic E-state index is -1.67. The first-order chi connectivity index (χ1) is 33.2. The quantitative estimate of drug-likeness (QED) is 0.0215. The van der Waals surface area contributed by atoms with E-state index in [4.69, 9.17) is 9.47 Å². The van der Waals surface area contributed by atoms with Crippen LogP contribution in [-0.2, 0) is 14.3 Å². The molecule has 0 radical (unpaired) electrons. The number of hydrogen-bond donors (Lipinski definition) is 8. The van der Waals surface area contributed by atoms with Gasteiger partial charge in [0, 0.05) is 0 Å². The molecule has 1 aliphatic heterocycles. The largest absolute Gasteiger partial charge is 0.394 e. The first-order valence-corrected chi connectivity index (χ1v) is 28.7. The molecule has 9 atom stereocenters. The van der Waals surface area contributed by atoms with Gasteiger partial charge in [-0.05, 0) is 51.4 Å². The summed E-state index contributed by atoms with van der Waals surface area (Å²) in [5.41, 5.74) is 0. The summed E-state index contributed by atoms with van der Waals surface area (Å²) >= 11 is 0. The molecule has 1 aliphatic rings. The molecular formula is C57H109NO10. The van der Waals surface area contributed by atoms with Crippen LogP contribution in [-0.4, -0.2) is 110 Å². The Kier molecular flexibility index (Phi) is 44.3. The van der Waals surface area contributed by atoms with E-state index in [1.54, 1.807) is 0 Å². The van der Waals surface area contributed by atoms with Crippen LogP contribution in [0.15, 0.2) is 24.3 Å². The average Bonchev–Trinajstić information content (AvgIpc) is 3.34. The normalized spacial score (nSPS) is 20.6. The maximum Gasteiger partial charge on any atom is 0.249 e. The van der Waals surface area contributed by atoms with Crippen LogP contribution < -0.4 is 5.32 Å². The summed E-state index contributed by atoms with van der Waals surface area (Å²) in [5, 5.41) is 75.9. The van der Waals surface area contributed by atoms with Gasteiger partial charge in [-0.3, -0.25) is 4.79 Å². The van der Waals surface area contributed by atoms with Crippen LogP contribution in [0.3, 0.4) is 0 Å². The van der Waals surface area contributed by atoms with Gasteiger partial charge in [0.1, 0.15) is 36.6 Å². The summed E-state index contributed by atoms with van der Waals surface area (Å²) < 4.78 is 11.1. The lowest BCUT2D eigenvalue weighted by molar-refractivity contribution is -0.303. The van der Waals surface area contributed by atoms with Gasteiger partial charge >= 0.3 is 0 Å². The van der Waals surface area contributed by atoms with E-state index in [2.05, 4.69) is 43.5 Å². The van der Waals surface area contributed by atoms with E-state index in [-0.39, 0.29) is 12.8 Å². The monoisotopic (exact) mass is 968 g/mol. The molecule has 0 aromatic carbocycles. The molecule has 1 heterocycles. The maximum absolute atomic E-state index is 13.1. The van der Waals surface area contributed by atoms with E-state index in [1.165, 1.54) is 180 Å². The van der Waals surface area contributed by atoms with E-state index < -0.39 is 74.2 Å². The average molecular weight is 968 g/mol. The molecule has 402 valence electrons. The van der Waals surface area contributed by atoms with Crippen molar-refractivity contribution in [3.8, 4) is 0 Å². The van der Waals surface area contributed by atoms with E-state index >= 15 is 0 Å². The van der Waals surface area contributed by atoms with Gasteiger partial charge in [-0.15, -0.1) is 0 Å². The molecular weight excluding hydrogens is 859 g/mol. The third-order valence-corrected chi connectivity index (χ3v) is 14.0. The van der Waals surface area contributed by atoms with Crippen molar-refractivity contribution in [2.24, 2.45) is 0 Å². The van der Waals surface area contributed by atoms with Gasteiger partial charge in [0.15, 0.2) is 6.29 Å². The zero-order valence-electron chi connectivity index (χ0n) is 43.9. The number of unbranched alkanes of at least 4 members (excludes halogenated alkanes) is 33. The van der Waals surface area contributed by atoms with Gasteiger partial charge in [0.2, 0.25) is 5.91 Å². The van der Waals surface area contributed by atoms with Crippen LogP contribution in [0.1, 0.15) is 264 Å². The summed E-state index contributed by atoms with van der Waals surface area (Å²) in [7, 11) is 0. The summed E-state index contributed by atoms with van der Waals surface area (Å²) in [6.45, 7) is 3.44. The first kappa shape index (κ1) is 64.6. The van der Waals surface area contributed by atoms with Crippen molar-refractivity contribution >= 4 is 5.91 Å². The van der Waals surface area contributed by atoms with E-state index in [1.807, 2.05) is 0 Å². The topological polar surface area (TPSA) is 189 Å². The molecule has 0 spiro atoms. The van der Waals surface area contributed by atoms with Crippen LogP contribution in [0.25, 0.3) is 0 Å². The maximum atomic E-state index is 13.1. The molecule has 1 amide bonds. The molecule has 0 bridgehead atoms. The van der Waals surface area contributed by atoms with Crippen molar-refractivity contribution in [3.63, 3.8) is 0 Å². The van der Waals surface area contributed by atoms with E-state index in [0.29, 0.717) is 19.3 Å². The van der Waals surface area contributed by atoms with Crippen molar-refractivity contribution in [3.05, 3.63) is 24.3 Å². The number of carbonyl (C=O) groups excluding carboxylic acids is 1. The second-order valence-electron chi connectivity index (χ2n) is 20.4. The Balaban J connectivity index is 2.28. The van der Waals surface area contributed by atoms with E-state index in [9.17, 15) is 40.5 Å². The molecule has 1 fully saturated rings. The third-order valence-electron chi connectivity index (χ3n) is 14.0. The standard InChI is InChI=1S/C57H109NO10/c1-3-5-7-9-11-13-15-17-18-19-20-21-22-23-24-25-26-27-28-29-30-31-32-33-35-36-38-40-42-44-49(60)52(62)48(47-67-57-55(65)54(64)53(63)51(46-59)68-57)58-56(66)50(61)45-43-41-39-37-34-16-14-12-10-8-6-4-2/h31-32,36,38,48-55,57,59-65H,3-30,33-35,37,39-47H2,1-2H3,(H,58,66)/b32-31+,38-36+. The highest BCUT2D eigenvalue weighted by atomic mass is 16.7. The molecule has 0 aromatic heterocycles. The Morgan fingerprint density at radius 2 is 0.882 bits per heavy atom. The molecule has 11 heteroatoms. The van der Waals surface area contributed by atoms with Crippen LogP contribution in [0.4, 0.5) is 0 Å². The number of aliphatic hydroxyl groups excluding tert-OH is 7. The fourth-order valence-electron chi connectivity index (χ4n) is 9.28. The van der Waals surface area contributed by atoms with Crippen molar-refractivity contribution in [2.75, 3.05) is 13.2 Å². The SMILES string of the molecule is CCCCCCCCCCCCCCCCCCCCCC/C=C/CC/C=C/CCCC(O)C(O)C(COC1OC(CO)C(O)C(O)C1O)NC(=O)C(O)CCCCCCCCCCCCCC. The Hall–Kier alpha value is -1.41. The smallest absolute Gasteiger partial charge is 0.249 e. The van der Waals surface area contributed by atoms with E-state index in [0.717, 1.165) is 38.5 Å². The molecule has 11 nitrogen and oxygen atoms in total. The van der Waals surface area contributed by atoms with Crippen LogP contribution in [0.5, 0.6) is 0 Å². The molecule has 0 aromatic rings. The Bertz CT molecular complexity index is 1160. The van der Waals surface area contributed by atoms with Gasteiger partial charge in [-0.25, -0.2) is 0 Å². The zero-order chi connectivity index (χ0) is 49.7. The highest BCUT2D eigenvalue weighted by Gasteiger charge is 2.44. The number of nitrogens with one attached hydrogen (secondary N) is 1. The number of hydrogen-bond acceptors (Lipinski definition) is 10. The molecule has 8 N–H and O–H groups in total. The lowest BCUT2D eigenvalue weighted by Gasteiger charge is -2.40. The highest BCUT2D eigenvalue weighted by Crippen LogP contribution is 2.23. The highest BCUT2D eigenvalue weighted by molar-refractivity contribution is 5.80. The van der Waals surface area contributed by atoms with Gasteiger partial charge in [0.05, 0.1) is 25.4 Å². The van der Waals surface area contributed by atoms with Crippen molar-refractivity contribution in [2.45, 2.75) is 319 Å². The molecule has 9 unspecified atom stereocenters. The third kappa shape index (κ3) is 34.8.